The zero-order chi connectivity index (χ0) is 13.1. The van der Waals surface area contributed by atoms with Gasteiger partial charge < -0.3 is 0 Å². The Kier molecular flexibility index (Phi) is 4.55. The van der Waals surface area contributed by atoms with Crippen LogP contribution in [0.15, 0.2) is 0 Å². The first kappa shape index (κ1) is 13.7. The molecule has 2 fully saturated rings. The molecule has 0 aromatic heterocycles. The summed E-state index contributed by atoms with van der Waals surface area (Å²) in [6.45, 7) is 3.88. The Hall–Kier alpha value is -0.700. The van der Waals surface area contributed by atoms with Gasteiger partial charge in [-0.2, -0.15) is 0 Å². The molecule has 1 unspecified atom stereocenters. The molecule has 3 nitrogen and oxygen atoms in total. The fourth-order valence-corrected chi connectivity index (χ4v) is 3.63. The van der Waals surface area contributed by atoms with Gasteiger partial charge >= 0.3 is 0 Å². The molecule has 2 heterocycles. The summed E-state index contributed by atoms with van der Waals surface area (Å²) in [5.41, 5.74) is 0. The summed E-state index contributed by atoms with van der Waals surface area (Å²) in [6, 6.07) is 1.48. The molecule has 0 bridgehead atoms. The van der Waals surface area contributed by atoms with E-state index < -0.39 is 0 Å². The number of rotatable bonds is 6. The lowest BCUT2D eigenvalue weighted by Gasteiger charge is -2.30. The molecule has 0 N–H and O–H groups in total. The van der Waals surface area contributed by atoms with Crippen LogP contribution in [0.2, 0.25) is 0 Å². The van der Waals surface area contributed by atoms with Crippen LogP contribution in [0.4, 0.5) is 0 Å². The van der Waals surface area contributed by atoms with E-state index in [1.54, 1.807) is 0 Å². The van der Waals surface area contributed by atoms with Crippen molar-refractivity contribution in [3.05, 3.63) is 0 Å². The van der Waals surface area contributed by atoms with Crippen molar-refractivity contribution in [2.75, 3.05) is 0 Å². The smallest absolute Gasteiger partial charge is 0.134 e. The van der Waals surface area contributed by atoms with Crippen LogP contribution >= 0.6 is 0 Å². The van der Waals surface area contributed by atoms with Crippen LogP contribution in [0.5, 0.6) is 0 Å². The molecule has 3 atom stereocenters. The molecule has 0 amide bonds. The Balaban J connectivity index is 1.98. The van der Waals surface area contributed by atoms with E-state index in [9.17, 15) is 9.59 Å². The van der Waals surface area contributed by atoms with Crippen molar-refractivity contribution in [1.82, 2.24) is 4.90 Å². The maximum Gasteiger partial charge on any atom is 0.134 e. The minimum absolute atomic E-state index is 0.369. The minimum Gasteiger partial charge on any atom is -0.300 e. The first-order chi connectivity index (χ1) is 8.65. The van der Waals surface area contributed by atoms with E-state index >= 15 is 0 Å². The van der Waals surface area contributed by atoms with E-state index in [1.165, 1.54) is 12.8 Å². The molecule has 2 aliphatic rings. The highest BCUT2D eigenvalue weighted by molar-refractivity contribution is 5.79. The normalized spacial score (nSPS) is 31.6. The summed E-state index contributed by atoms with van der Waals surface area (Å²) in [7, 11) is 0. The summed E-state index contributed by atoms with van der Waals surface area (Å²) >= 11 is 0. The Morgan fingerprint density at radius 3 is 1.72 bits per heavy atom. The molecule has 0 aliphatic carbocycles. The van der Waals surface area contributed by atoms with Gasteiger partial charge in [0.05, 0.1) is 0 Å². The molecule has 0 saturated carbocycles. The van der Waals surface area contributed by atoms with Crippen molar-refractivity contribution in [2.24, 2.45) is 0 Å². The molecule has 0 radical (unpaired) electrons. The lowest BCUT2D eigenvalue weighted by Crippen LogP contribution is -2.40. The maximum absolute atomic E-state index is 11.6. The molecule has 2 rings (SSSR count). The average molecular weight is 251 g/mol. The molecule has 3 heteroatoms. The van der Waals surface area contributed by atoms with Crippen LogP contribution < -0.4 is 0 Å². The third-order valence-electron chi connectivity index (χ3n) is 4.65. The van der Waals surface area contributed by atoms with Gasteiger partial charge in [-0.15, -0.1) is 0 Å². The topological polar surface area (TPSA) is 37.4 Å². The van der Waals surface area contributed by atoms with Gasteiger partial charge in [-0.25, -0.2) is 0 Å². The van der Waals surface area contributed by atoms with E-state index in [4.69, 9.17) is 0 Å². The number of carbonyl (C=O) groups excluding carboxylic acids is 2. The number of hydrogen-bond acceptors (Lipinski definition) is 3. The molecule has 18 heavy (non-hydrogen) atoms. The van der Waals surface area contributed by atoms with E-state index in [1.807, 2.05) is 13.8 Å². The molecular weight excluding hydrogens is 226 g/mol. The number of carbonyl (C=O) groups is 2. The Morgan fingerprint density at radius 2 is 1.33 bits per heavy atom. The fraction of sp³-hybridized carbons (Fsp3) is 0.867. The second-order valence-electron chi connectivity index (χ2n) is 5.76. The summed E-state index contributed by atoms with van der Waals surface area (Å²) in [5, 5.41) is 0. The highest BCUT2D eigenvalue weighted by Crippen LogP contribution is 2.39. The number of nitrogens with zero attached hydrogens (tertiary/aromatic N) is 1. The standard InChI is InChI=1S/C15H25NO2/c1-3-14(17)9-12-7-5-11-6-8-13(16(11)12)10-15(18)4-2/h11-13H,3-10H2,1-2H3/t11?,12-,13+. The fourth-order valence-electron chi connectivity index (χ4n) is 3.63. The maximum atomic E-state index is 11.6. The molecule has 0 aromatic rings. The lowest BCUT2D eigenvalue weighted by molar-refractivity contribution is -0.120. The van der Waals surface area contributed by atoms with E-state index in [0.29, 0.717) is 55.4 Å². The number of fused-ring (bicyclic) bond motifs is 1. The average Bonchev–Trinajstić information content (AvgIpc) is 2.93. The van der Waals surface area contributed by atoms with Crippen LogP contribution in [0.25, 0.3) is 0 Å². The minimum atomic E-state index is 0.369. The molecule has 2 saturated heterocycles. The first-order valence-corrected chi connectivity index (χ1v) is 7.46. The Morgan fingerprint density at radius 1 is 0.889 bits per heavy atom. The van der Waals surface area contributed by atoms with Gasteiger partial charge in [0, 0.05) is 43.8 Å². The highest BCUT2D eigenvalue weighted by atomic mass is 16.1. The van der Waals surface area contributed by atoms with Gasteiger partial charge in [-0.05, 0) is 25.7 Å². The predicted octanol–water partition coefficient (Wildman–Crippen LogP) is 2.72. The van der Waals surface area contributed by atoms with Gasteiger partial charge in [0.25, 0.3) is 0 Å². The Bertz CT molecular complexity index is 296. The van der Waals surface area contributed by atoms with Gasteiger partial charge in [-0.3, -0.25) is 14.5 Å². The van der Waals surface area contributed by atoms with Crippen molar-refractivity contribution in [2.45, 2.75) is 83.3 Å². The van der Waals surface area contributed by atoms with Crippen LogP contribution in [0, 0.1) is 0 Å². The number of ketones is 2. The summed E-state index contributed by atoms with van der Waals surface area (Å²) < 4.78 is 0. The molecule has 0 aromatic carbocycles. The second-order valence-corrected chi connectivity index (χ2v) is 5.76. The largest absolute Gasteiger partial charge is 0.300 e. The van der Waals surface area contributed by atoms with Crippen molar-refractivity contribution >= 4 is 11.6 Å². The Labute approximate surface area is 110 Å². The van der Waals surface area contributed by atoms with Gasteiger partial charge in [0.1, 0.15) is 11.6 Å². The third-order valence-corrected chi connectivity index (χ3v) is 4.65. The van der Waals surface area contributed by atoms with E-state index in [2.05, 4.69) is 4.90 Å². The second kappa shape index (κ2) is 5.96. The third kappa shape index (κ3) is 2.82. The van der Waals surface area contributed by atoms with Crippen molar-refractivity contribution in [3.8, 4) is 0 Å². The monoisotopic (exact) mass is 251 g/mol. The highest BCUT2D eigenvalue weighted by Gasteiger charge is 2.43. The van der Waals surface area contributed by atoms with Crippen LogP contribution in [0.3, 0.4) is 0 Å². The quantitative estimate of drug-likeness (QED) is 0.728. The summed E-state index contributed by atoms with van der Waals surface area (Å²) in [4.78, 5) is 25.8. The van der Waals surface area contributed by atoms with Crippen LogP contribution in [-0.2, 0) is 9.59 Å². The van der Waals surface area contributed by atoms with E-state index in [-0.39, 0.29) is 0 Å². The molecule has 0 spiro atoms. The number of Topliss-reactive ketones (excluding diaryl/α,β-unsaturated/α-hetero) is 2. The first-order valence-electron chi connectivity index (χ1n) is 7.46. The lowest BCUT2D eigenvalue weighted by atomic mass is 10.0. The molecule has 2 aliphatic heterocycles. The van der Waals surface area contributed by atoms with Gasteiger partial charge in [0.2, 0.25) is 0 Å². The van der Waals surface area contributed by atoms with Crippen LogP contribution in [0.1, 0.15) is 65.2 Å². The summed E-state index contributed by atoms with van der Waals surface area (Å²) in [6.07, 6.45) is 7.42. The van der Waals surface area contributed by atoms with Gasteiger partial charge in [-0.1, -0.05) is 13.8 Å². The summed E-state index contributed by atoms with van der Waals surface area (Å²) in [5.74, 6) is 0.737. The predicted molar refractivity (Wildman–Crippen MR) is 71.5 cm³/mol. The van der Waals surface area contributed by atoms with Gasteiger partial charge in [0.15, 0.2) is 0 Å². The number of hydrogen-bond donors (Lipinski definition) is 0. The molecule has 102 valence electrons. The SMILES string of the molecule is CCC(=O)C[C@H]1CCC2CC[C@@H](CC(=O)CC)N21. The van der Waals surface area contributed by atoms with Crippen molar-refractivity contribution in [3.63, 3.8) is 0 Å². The van der Waals surface area contributed by atoms with Crippen LogP contribution in [-0.4, -0.2) is 34.6 Å². The van der Waals surface area contributed by atoms with E-state index in [0.717, 1.165) is 12.8 Å². The zero-order valence-electron chi connectivity index (χ0n) is 11.7. The van der Waals surface area contributed by atoms with Crippen molar-refractivity contribution < 1.29 is 9.59 Å². The molecular formula is C15H25NO2. The van der Waals surface area contributed by atoms with Crippen molar-refractivity contribution in [1.29, 1.82) is 0 Å². The zero-order valence-corrected chi connectivity index (χ0v) is 11.7.